The van der Waals surface area contributed by atoms with Crippen LogP contribution in [-0.4, -0.2) is 38.2 Å². The van der Waals surface area contributed by atoms with E-state index in [1.807, 2.05) is 36.4 Å². The summed E-state index contributed by atoms with van der Waals surface area (Å²) in [7, 11) is 4.66. The molecule has 0 saturated carbocycles. The van der Waals surface area contributed by atoms with Crippen LogP contribution in [-0.2, 0) is 6.54 Å². The lowest BCUT2D eigenvalue weighted by Gasteiger charge is -2.13. The van der Waals surface area contributed by atoms with Crippen molar-refractivity contribution >= 4 is 17.6 Å². The third-order valence-electron chi connectivity index (χ3n) is 4.34. The Morgan fingerprint density at radius 2 is 1.61 bits per heavy atom. The number of benzene rings is 2. The molecule has 0 aliphatic rings. The van der Waals surface area contributed by atoms with Crippen LogP contribution < -0.4 is 24.8 Å². The van der Waals surface area contributed by atoms with E-state index in [2.05, 4.69) is 20.6 Å². The molecule has 0 aliphatic carbocycles. The monoisotopic (exact) mass is 420 g/mol. The van der Waals surface area contributed by atoms with Gasteiger partial charge in [-0.2, -0.15) is 0 Å². The Balaban J connectivity index is 1.83. The normalized spacial score (nSPS) is 10.9. The zero-order valence-corrected chi connectivity index (χ0v) is 17.6. The molecule has 8 heteroatoms. The van der Waals surface area contributed by atoms with Crippen LogP contribution in [0.15, 0.2) is 72.0 Å². The summed E-state index contributed by atoms with van der Waals surface area (Å²) < 4.78 is 15.7. The van der Waals surface area contributed by atoms with Crippen molar-refractivity contribution in [2.75, 3.05) is 26.6 Å². The highest BCUT2D eigenvalue weighted by atomic mass is 16.5. The van der Waals surface area contributed by atoms with Crippen LogP contribution >= 0.6 is 0 Å². The van der Waals surface area contributed by atoms with Gasteiger partial charge in [-0.05, 0) is 48.0 Å². The minimum atomic E-state index is -0.358. The topological polar surface area (TPSA) is 94.1 Å². The molecule has 3 aromatic rings. The van der Waals surface area contributed by atoms with Gasteiger partial charge in [0.2, 0.25) is 5.96 Å². The average Bonchev–Trinajstić information content (AvgIpc) is 2.83. The molecule has 2 N–H and O–H groups in total. The first kappa shape index (κ1) is 21.6. The molecule has 1 aromatic heterocycles. The molecule has 0 saturated heterocycles. The smallest absolute Gasteiger partial charge is 0.258 e. The number of methoxy groups -OCH3 is 3. The van der Waals surface area contributed by atoms with Crippen LogP contribution in [0.25, 0.3) is 0 Å². The molecule has 0 unspecified atom stereocenters. The highest BCUT2D eigenvalue weighted by Gasteiger charge is 2.13. The number of anilines is 1. The molecule has 3 rings (SSSR count). The van der Waals surface area contributed by atoms with Gasteiger partial charge in [-0.15, -0.1) is 0 Å². The summed E-state index contributed by atoms with van der Waals surface area (Å²) in [4.78, 5) is 21.5. The number of amides is 1. The maximum absolute atomic E-state index is 12.9. The summed E-state index contributed by atoms with van der Waals surface area (Å²) in [5.41, 5.74) is 2.03. The molecule has 0 fully saturated rings. The number of guanidine groups is 1. The summed E-state index contributed by atoms with van der Waals surface area (Å²) in [6.07, 6.45) is 3.42. The third-order valence-corrected chi connectivity index (χ3v) is 4.34. The standard InChI is InChI=1S/C23H24N4O4/c1-29-19-8-6-18(7-9-19)26-23(25-15-16-5-4-10-24-14-16)27-22(28)17-11-20(30-2)13-21(12-17)31-3/h4-14H,15H2,1-3H3,(H2,25,26,27,28). The summed E-state index contributed by atoms with van der Waals surface area (Å²) in [6.45, 7) is 0.341. The predicted octanol–water partition coefficient (Wildman–Crippen LogP) is 3.51. The van der Waals surface area contributed by atoms with Gasteiger partial charge in [0.15, 0.2) is 0 Å². The third kappa shape index (κ3) is 6.20. The second-order valence-corrected chi connectivity index (χ2v) is 6.44. The lowest BCUT2D eigenvalue weighted by Crippen LogP contribution is -2.36. The maximum atomic E-state index is 12.9. The first-order valence-corrected chi connectivity index (χ1v) is 9.50. The van der Waals surface area contributed by atoms with Crippen molar-refractivity contribution in [3.8, 4) is 17.2 Å². The van der Waals surface area contributed by atoms with Gasteiger partial charge in [-0.1, -0.05) is 6.07 Å². The van der Waals surface area contributed by atoms with Gasteiger partial charge in [-0.3, -0.25) is 15.1 Å². The van der Waals surface area contributed by atoms with Gasteiger partial charge < -0.3 is 19.5 Å². The number of carbonyl (C=O) groups is 1. The lowest BCUT2D eigenvalue weighted by molar-refractivity contribution is 0.0976. The fraction of sp³-hybridized carbons (Fsp3) is 0.174. The Kier molecular flexibility index (Phi) is 7.42. The molecule has 1 amide bonds. The van der Waals surface area contributed by atoms with E-state index in [1.54, 1.807) is 37.7 Å². The lowest BCUT2D eigenvalue weighted by atomic mass is 10.2. The van der Waals surface area contributed by atoms with Gasteiger partial charge >= 0.3 is 0 Å². The van der Waals surface area contributed by atoms with Crippen LogP contribution in [0.3, 0.4) is 0 Å². The molecule has 0 spiro atoms. The van der Waals surface area contributed by atoms with E-state index in [9.17, 15) is 4.79 Å². The van der Waals surface area contributed by atoms with E-state index in [0.29, 0.717) is 29.6 Å². The maximum Gasteiger partial charge on any atom is 0.258 e. The summed E-state index contributed by atoms with van der Waals surface area (Å²) >= 11 is 0. The predicted molar refractivity (Wildman–Crippen MR) is 119 cm³/mol. The number of ether oxygens (including phenoxy) is 3. The number of nitrogens with zero attached hydrogens (tertiary/aromatic N) is 2. The Morgan fingerprint density at radius 3 is 2.19 bits per heavy atom. The number of hydrogen-bond donors (Lipinski definition) is 2. The van der Waals surface area contributed by atoms with Crippen molar-refractivity contribution in [1.29, 1.82) is 0 Å². The minimum absolute atomic E-state index is 0.292. The van der Waals surface area contributed by atoms with Gasteiger partial charge in [0.25, 0.3) is 5.91 Å². The Bertz CT molecular complexity index is 1010. The zero-order chi connectivity index (χ0) is 22.1. The SMILES string of the molecule is COc1ccc(NC(=NCc2cccnc2)NC(=O)c2cc(OC)cc(OC)c2)cc1. The molecule has 8 nitrogen and oxygen atoms in total. The van der Waals surface area contributed by atoms with Crippen molar-refractivity contribution in [3.05, 3.63) is 78.1 Å². The van der Waals surface area contributed by atoms with Crippen molar-refractivity contribution in [2.24, 2.45) is 4.99 Å². The van der Waals surface area contributed by atoms with Crippen LogP contribution in [0.2, 0.25) is 0 Å². The molecule has 160 valence electrons. The van der Waals surface area contributed by atoms with Crippen LogP contribution in [0, 0.1) is 0 Å². The van der Waals surface area contributed by atoms with E-state index in [4.69, 9.17) is 14.2 Å². The first-order chi connectivity index (χ1) is 15.1. The molecular weight excluding hydrogens is 396 g/mol. The molecule has 0 bridgehead atoms. The van der Waals surface area contributed by atoms with E-state index >= 15 is 0 Å². The van der Waals surface area contributed by atoms with E-state index in [-0.39, 0.29) is 5.91 Å². The zero-order valence-electron chi connectivity index (χ0n) is 17.6. The second kappa shape index (κ2) is 10.6. The van der Waals surface area contributed by atoms with Gasteiger partial charge in [0.05, 0.1) is 27.9 Å². The summed E-state index contributed by atoms with van der Waals surface area (Å²) in [5, 5.41) is 5.96. The summed E-state index contributed by atoms with van der Waals surface area (Å²) in [5.74, 6) is 1.69. The number of pyridine rings is 1. The number of aliphatic imine (C=N–C) groups is 1. The molecule has 0 atom stereocenters. The van der Waals surface area contributed by atoms with Crippen molar-refractivity contribution < 1.29 is 19.0 Å². The molecule has 0 aliphatic heterocycles. The second-order valence-electron chi connectivity index (χ2n) is 6.44. The number of carbonyl (C=O) groups excluding carboxylic acids is 1. The summed E-state index contributed by atoms with van der Waals surface area (Å²) in [6, 6.07) is 16.0. The van der Waals surface area contributed by atoms with Crippen LogP contribution in [0.4, 0.5) is 5.69 Å². The Labute approximate surface area is 180 Å². The fourth-order valence-corrected chi connectivity index (χ4v) is 2.70. The minimum Gasteiger partial charge on any atom is -0.497 e. The number of rotatable bonds is 7. The first-order valence-electron chi connectivity index (χ1n) is 9.50. The number of hydrogen-bond acceptors (Lipinski definition) is 6. The Hall–Kier alpha value is -4.07. The number of aromatic nitrogens is 1. The van der Waals surface area contributed by atoms with Gasteiger partial charge in [-0.25, -0.2) is 4.99 Å². The quantitative estimate of drug-likeness (QED) is 0.449. The Morgan fingerprint density at radius 1 is 0.935 bits per heavy atom. The van der Waals surface area contributed by atoms with Crippen molar-refractivity contribution in [3.63, 3.8) is 0 Å². The van der Waals surface area contributed by atoms with Crippen LogP contribution in [0.5, 0.6) is 17.2 Å². The molecular formula is C23H24N4O4. The molecule has 31 heavy (non-hydrogen) atoms. The van der Waals surface area contributed by atoms with Crippen molar-refractivity contribution in [2.45, 2.75) is 6.54 Å². The molecule has 2 aromatic carbocycles. The molecule has 1 heterocycles. The van der Waals surface area contributed by atoms with Crippen LogP contribution in [0.1, 0.15) is 15.9 Å². The fourth-order valence-electron chi connectivity index (χ4n) is 2.70. The highest BCUT2D eigenvalue weighted by molar-refractivity contribution is 6.10. The number of nitrogens with one attached hydrogen (secondary N) is 2. The van der Waals surface area contributed by atoms with E-state index in [0.717, 1.165) is 17.0 Å². The molecule has 0 radical (unpaired) electrons. The average molecular weight is 420 g/mol. The van der Waals surface area contributed by atoms with E-state index < -0.39 is 0 Å². The van der Waals surface area contributed by atoms with Gasteiger partial charge in [0, 0.05) is 29.7 Å². The highest BCUT2D eigenvalue weighted by Crippen LogP contribution is 2.22. The largest absolute Gasteiger partial charge is 0.497 e. The van der Waals surface area contributed by atoms with Gasteiger partial charge in [0.1, 0.15) is 17.2 Å². The van der Waals surface area contributed by atoms with E-state index in [1.165, 1.54) is 14.2 Å². The van der Waals surface area contributed by atoms with Crippen molar-refractivity contribution in [1.82, 2.24) is 10.3 Å².